The largest absolute Gasteiger partial charge is 0.444 e. The molecule has 0 fully saturated rings. The van der Waals surface area contributed by atoms with Gasteiger partial charge in [-0.1, -0.05) is 60.7 Å². The Hall–Kier alpha value is -2.33. The number of amides is 1. The molecule has 1 unspecified atom stereocenters. The van der Waals surface area contributed by atoms with Crippen molar-refractivity contribution in [3.8, 4) is 0 Å². The molecule has 2 aromatic carbocycles. The molecule has 0 heterocycles. The van der Waals surface area contributed by atoms with Gasteiger partial charge in [0.25, 0.3) is 0 Å². The topological polar surface area (TPSA) is 41.6 Å². The lowest BCUT2D eigenvalue weighted by atomic mass is 10.1. The molecule has 4 heteroatoms. The number of rotatable bonds is 7. The van der Waals surface area contributed by atoms with Crippen LogP contribution in [0.1, 0.15) is 38.8 Å². The molecule has 0 bridgehead atoms. The summed E-state index contributed by atoms with van der Waals surface area (Å²) in [5.41, 5.74) is 2.03. The highest BCUT2D eigenvalue weighted by molar-refractivity contribution is 5.68. The summed E-state index contributed by atoms with van der Waals surface area (Å²) in [6.45, 7) is 10.0. The van der Waals surface area contributed by atoms with Crippen molar-refractivity contribution < 1.29 is 9.53 Å². The van der Waals surface area contributed by atoms with Crippen LogP contribution in [-0.2, 0) is 17.8 Å². The van der Waals surface area contributed by atoms with Crippen LogP contribution in [0.15, 0.2) is 60.7 Å². The van der Waals surface area contributed by atoms with Crippen molar-refractivity contribution in [3.63, 3.8) is 0 Å². The van der Waals surface area contributed by atoms with E-state index in [0.29, 0.717) is 0 Å². The van der Waals surface area contributed by atoms with Gasteiger partial charge in [0.2, 0.25) is 0 Å². The number of hydrogen-bond acceptors (Lipinski definition) is 3. The summed E-state index contributed by atoms with van der Waals surface area (Å²) in [5.74, 6) is 0. The fourth-order valence-electron chi connectivity index (χ4n) is 2.81. The molecule has 0 saturated heterocycles. The third-order valence-corrected chi connectivity index (χ3v) is 3.79. The monoisotopic (exact) mass is 354 g/mol. The summed E-state index contributed by atoms with van der Waals surface area (Å²) in [5, 5.41) is 2.94. The number of nitrogens with one attached hydrogen (secondary N) is 1. The van der Waals surface area contributed by atoms with Gasteiger partial charge in [-0.3, -0.25) is 4.90 Å². The molecule has 140 valence electrons. The van der Waals surface area contributed by atoms with Crippen LogP contribution in [0.5, 0.6) is 0 Å². The molecule has 26 heavy (non-hydrogen) atoms. The number of carbonyl (C=O) groups is 1. The Morgan fingerprint density at radius 2 is 1.42 bits per heavy atom. The standard InChI is InChI=1S/C22H30N2O2/c1-18(23-21(25)26-22(2,3)4)15-24(16-19-11-7-5-8-12-19)17-20-13-9-6-10-14-20/h5-14,18H,15-17H2,1-4H3,(H,23,25). The molecule has 0 aliphatic carbocycles. The van der Waals surface area contributed by atoms with E-state index in [9.17, 15) is 4.79 Å². The average Bonchev–Trinajstić information content (AvgIpc) is 2.54. The van der Waals surface area contributed by atoms with E-state index in [4.69, 9.17) is 4.74 Å². The molecule has 0 spiro atoms. The molecule has 2 aromatic rings. The van der Waals surface area contributed by atoms with Gasteiger partial charge >= 0.3 is 6.09 Å². The van der Waals surface area contributed by atoms with Crippen molar-refractivity contribution in [2.45, 2.75) is 52.4 Å². The Bertz CT molecular complexity index is 624. The summed E-state index contributed by atoms with van der Waals surface area (Å²) in [6.07, 6.45) is -0.371. The first-order valence-corrected chi connectivity index (χ1v) is 9.11. The summed E-state index contributed by atoms with van der Waals surface area (Å²) in [4.78, 5) is 14.4. The zero-order valence-electron chi connectivity index (χ0n) is 16.2. The lowest BCUT2D eigenvalue weighted by molar-refractivity contribution is 0.0495. The van der Waals surface area contributed by atoms with Crippen molar-refractivity contribution in [1.82, 2.24) is 10.2 Å². The molecule has 0 saturated carbocycles. The minimum atomic E-state index is -0.489. The van der Waals surface area contributed by atoms with Crippen LogP contribution in [0.2, 0.25) is 0 Å². The Morgan fingerprint density at radius 3 is 1.85 bits per heavy atom. The molecule has 0 aliphatic rings. The number of nitrogens with zero attached hydrogens (tertiary/aromatic N) is 1. The minimum Gasteiger partial charge on any atom is -0.444 e. The van der Waals surface area contributed by atoms with E-state index in [0.717, 1.165) is 19.6 Å². The van der Waals surface area contributed by atoms with Crippen LogP contribution in [0.4, 0.5) is 4.79 Å². The van der Waals surface area contributed by atoms with Crippen LogP contribution in [0, 0.1) is 0 Å². The lowest BCUT2D eigenvalue weighted by Crippen LogP contribution is -2.43. The smallest absolute Gasteiger partial charge is 0.407 e. The summed E-state index contributed by atoms with van der Waals surface area (Å²) >= 11 is 0. The third kappa shape index (κ3) is 7.70. The maximum atomic E-state index is 12.0. The van der Waals surface area contributed by atoms with Gasteiger partial charge in [0.05, 0.1) is 0 Å². The van der Waals surface area contributed by atoms with E-state index < -0.39 is 5.60 Å². The second-order valence-electron chi connectivity index (χ2n) is 7.69. The molecular formula is C22H30N2O2. The van der Waals surface area contributed by atoms with Gasteiger partial charge in [-0.25, -0.2) is 4.79 Å². The van der Waals surface area contributed by atoms with Gasteiger partial charge in [0, 0.05) is 25.7 Å². The highest BCUT2D eigenvalue weighted by atomic mass is 16.6. The average molecular weight is 354 g/mol. The summed E-state index contributed by atoms with van der Waals surface area (Å²) in [7, 11) is 0. The predicted molar refractivity (Wildman–Crippen MR) is 106 cm³/mol. The molecule has 0 aliphatic heterocycles. The van der Waals surface area contributed by atoms with Gasteiger partial charge < -0.3 is 10.1 Å². The van der Waals surface area contributed by atoms with Crippen LogP contribution < -0.4 is 5.32 Å². The molecule has 4 nitrogen and oxygen atoms in total. The first-order chi connectivity index (χ1) is 12.3. The Morgan fingerprint density at radius 1 is 0.962 bits per heavy atom. The molecule has 0 aromatic heterocycles. The number of hydrogen-bond donors (Lipinski definition) is 1. The van der Waals surface area contributed by atoms with Crippen molar-refractivity contribution >= 4 is 6.09 Å². The number of benzene rings is 2. The zero-order valence-corrected chi connectivity index (χ0v) is 16.2. The summed E-state index contributed by atoms with van der Waals surface area (Å²) in [6, 6.07) is 20.8. The Balaban J connectivity index is 1.99. The first kappa shape index (κ1) is 20.0. The van der Waals surface area contributed by atoms with E-state index in [-0.39, 0.29) is 12.1 Å². The number of alkyl carbamates (subject to hydrolysis) is 1. The van der Waals surface area contributed by atoms with Crippen molar-refractivity contribution in [2.24, 2.45) is 0 Å². The van der Waals surface area contributed by atoms with Crippen molar-refractivity contribution in [3.05, 3.63) is 71.8 Å². The van der Waals surface area contributed by atoms with Gasteiger partial charge in [0.1, 0.15) is 5.60 Å². The SMILES string of the molecule is CC(CN(Cc1ccccc1)Cc1ccccc1)NC(=O)OC(C)(C)C. The molecular weight excluding hydrogens is 324 g/mol. The number of carbonyl (C=O) groups excluding carboxylic acids is 1. The van der Waals surface area contributed by atoms with Crippen LogP contribution >= 0.6 is 0 Å². The Kier molecular flexibility index (Phi) is 7.22. The minimum absolute atomic E-state index is 0.0164. The van der Waals surface area contributed by atoms with Crippen LogP contribution in [-0.4, -0.2) is 29.2 Å². The van der Waals surface area contributed by atoms with Gasteiger partial charge in [-0.05, 0) is 38.8 Å². The van der Waals surface area contributed by atoms with E-state index in [1.165, 1.54) is 11.1 Å². The van der Waals surface area contributed by atoms with Crippen molar-refractivity contribution in [1.29, 1.82) is 0 Å². The van der Waals surface area contributed by atoms with Gasteiger partial charge in [0.15, 0.2) is 0 Å². The van der Waals surface area contributed by atoms with Gasteiger partial charge in [-0.2, -0.15) is 0 Å². The highest BCUT2D eigenvalue weighted by Crippen LogP contribution is 2.11. The number of ether oxygens (including phenoxy) is 1. The second kappa shape index (κ2) is 9.39. The van der Waals surface area contributed by atoms with E-state index in [1.54, 1.807) is 0 Å². The fourth-order valence-corrected chi connectivity index (χ4v) is 2.81. The lowest BCUT2D eigenvalue weighted by Gasteiger charge is -2.27. The molecule has 1 amide bonds. The van der Waals surface area contributed by atoms with Crippen LogP contribution in [0.25, 0.3) is 0 Å². The maximum absolute atomic E-state index is 12.0. The molecule has 1 atom stereocenters. The highest BCUT2D eigenvalue weighted by Gasteiger charge is 2.19. The summed E-state index contributed by atoms with van der Waals surface area (Å²) < 4.78 is 5.36. The molecule has 2 rings (SSSR count). The Labute approximate surface area is 157 Å². The normalized spacial score (nSPS) is 12.7. The quantitative estimate of drug-likeness (QED) is 0.790. The fraction of sp³-hybridized carbons (Fsp3) is 0.409. The molecule has 1 N–H and O–H groups in total. The van der Waals surface area contributed by atoms with Gasteiger partial charge in [-0.15, -0.1) is 0 Å². The maximum Gasteiger partial charge on any atom is 0.407 e. The first-order valence-electron chi connectivity index (χ1n) is 9.11. The third-order valence-electron chi connectivity index (χ3n) is 3.79. The van der Waals surface area contributed by atoms with Crippen LogP contribution in [0.3, 0.4) is 0 Å². The zero-order chi connectivity index (χ0) is 19.0. The predicted octanol–water partition coefficient (Wildman–Crippen LogP) is 4.60. The van der Waals surface area contributed by atoms with E-state index in [2.05, 4.69) is 58.7 Å². The van der Waals surface area contributed by atoms with E-state index >= 15 is 0 Å². The second-order valence-corrected chi connectivity index (χ2v) is 7.69. The van der Waals surface area contributed by atoms with Crippen molar-refractivity contribution in [2.75, 3.05) is 6.54 Å². The van der Waals surface area contributed by atoms with E-state index in [1.807, 2.05) is 39.8 Å². The molecule has 0 radical (unpaired) electrons.